The average Bonchev–Trinajstić information content (AvgIpc) is 2.71. The van der Waals surface area contributed by atoms with E-state index in [1.165, 1.54) is 0 Å². The van der Waals surface area contributed by atoms with Gasteiger partial charge in [-0.3, -0.25) is 0 Å². The zero-order valence-corrected chi connectivity index (χ0v) is 15.1. The van der Waals surface area contributed by atoms with Crippen LogP contribution in [0.25, 0.3) is 34.1 Å². The van der Waals surface area contributed by atoms with Crippen LogP contribution >= 0.6 is 0 Å². The van der Waals surface area contributed by atoms with Crippen LogP contribution in [-0.4, -0.2) is 0 Å². The topological polar surface area (TPSA) is 66.0 Å². The van der Waals surface area contributed by atoms with E-state index in [0.29, 0.717) is 22.6 Å². The molecule has 0 heterocycles. The Labute approximate surface area is 162 Å². The maximum Gasteiger partial charge on any atom is 0.292 e. The van der Waals surface area contributed by atoms with Crippen LogP contribution in [0.3, 0.4) is 0 Å². The predicted molar refractivity (Wildman–Crippen MR) is 110 cm³/mol. The van der Waals surface area contributed by atoms with Gasteiger partial charge in [0, 0.05) is 11.1 Å². The van der Waals surface area contributed by atoms with Crippen molar-refractivity contribution in [3.8, 4) is 35.1 Å². The summed E-state index contributed by atoms with van der Waals surface area (Å²) < 4.78 is 10.5. The molecule has 3 aromatic rings. The van der Waals surface area contributed by atoms with Crippen LogP contribution in [-0.2, 0) is 0 Å². The lowest BCUT2D eigenvalue weighted by Crippen LogP contribution is -2.27. The number of hydrogen-bond acceptors (Lipinski definition) is 4. The molecule has 0 aliphatic heterocycles. The Hall–Kier alpha value is -4.28. The van der Waals surface area contributed by atoms with Crippen molar-refractivity contribution in [1.82, 2.24) is 0 Å². The molecule has 0 saturated carbocycles. The average molecular weight is 364 g/mol. The van der Waals surface area contributed by atoms with Crippen LogP contribution < -0.4 is 19.9 Å². The zero-order chi connectivity index (χ0) is 19.9. The first-order valence-electron chi connectivity index (χ1n) is 8.47. The third kappa shape index (κ3) is 3.35. The summed E-state index contributed by atoms with van der Waals surface area (Å²) in [5, 5.41) is 21.8. The van der Waals surface area contributed by atoms with Gasteiger partial charge in [0.2, 0.25) is 0 Å². The van der Waals surface area contributed by atoms with E-state index in [0.717, 1.165) is 21.2 Å². The van der Waals surface area contributed by atoms with Gasteiger partial charge in [0.25, 0.3) is 12.5 Å². The Balaban J connectivity index is 2.61. The first-order chi connectivity index (χ1) is 13.7. The molecular formula is C24H16N2O2. The van der Waals surface area contributed by atoms with Crippen molar-refractivity contribution < 1.29 is 9.47 Å². The molecule has 0 bridgehead atoms. The largest absolute Gasteiger partial charge is 0.387 e. The summed E-state index contributed by atoms with van der Waals surface area (Å²) in [7, 11) is 0. The van der Waals surface area contributed by atoms with E-state index >= 15 is 0 Å². The number of rotatable bonds is 5. The van der Waals surface area contributed by atoms with E-state index in [4.69, 9.17) is 20.0 Å². The second-order valence-corrected chi connectivity index (χ2v) is 5.79. The fourth-order valence-corrected chi connectivity index (χ4v) is 3.22. The molecule has 3 aromatic carbocycles. The minimum Gasteiger partial charge on any atom is -0.387 e. The molecule has 0 spiro atoms. The highest BCUT2D eigenvalue weighted by atomic mass is 16.5. The van der Waals surface area contributed by atoms with Crippen LogP contribution in [0.1, 0.15) is 0 Å². The third-order valence-electron chi connectivity index (χ3n) is 4.27. The molecule has 0 radical (unpaired) electrons. The van der Waals surface area contributed by atoms with Crippen LogP contribution in [0.4, 0.5) is 0 Å². The first kappa shape index (κ1) is 18.5. The highest BCUT2D eigenvalue weighted by Crippen LogP contribution is 2.39. The monoisotopic (exact) mass is 364 g/mol. The van der Waals surface area contributed by atoms with E-state index in [9.17, 15) is 0 Å². The fraction of sp³-hybridized carbons (Fsp3) is 0. The van der Waals surface area contributed by atoms with E-state index in [2.05, 4.69) is 13.2 Å². The number of nitriles is 2. The van der Waals surface area contributed by atoms with E-state index < -0.39 is 0 Å². The lowest BCUT2D eigenvalue weighted by Gasteiger charge is -2.14. The predicted octanol–water partition coefficient (Wildman–Crippen LogP) is 4.16. The third-order valence-corrected chi connectivity index (χ3v) is 4.27. The number of ether oxygens (including phenoxy) is 2. The SMILES string of the molecule is C=C/C=c1/ccc(OC#N)c(-c2c(OC#N)ccc3ccccc23)/c1=C/C=C. The van der Waals surface area contributed by atoms with Crippen molar-refractivity contribution in [1.29, 1.82) is 10.5 Å². The molecule has 0 aromatic heterocycles. The van der Waals surface area contributed by atoms with Crippen LogP contribution in [0, 0.1) is 23.0 Å². The molecule has 4 heteroatoms. The van der Waals surface area contributed by atoms with Gasteiger partial charge in [0.05, 0.1) is 0 Å². The molecule has 0 amide bonds. The first-order valence-corrected chi connectivity index (χ1v) is 8.47. The highest BCUT2D eigenvalue weighted by Gasteiger charge is 2.18. The maximum absolute atomic E-state index is 9.16. The summed E-state index contributed by atoms with van der Waals surface area (Å²) >= 11 is 0. The van der Waals surface area contributed by atoms with E-state index in [-0.39, 0.29) is 0 Å². The van der Waals surface area contributed by atoms with Gasteiger partial charge in [-0.15, -0.1) is 10.5 Å². The van der Waals surface area contributed by atoms with Gasteiger partial charge in [-0.1, -0.05) is 73.9 Å². The smallest absolute Gasteiger partial charge is 0.292 e. The van der Waals surface area contributed by atoms with Crippen molar-refractivity contribution in [2.75, 3.05) is 0 Å². The summed E-state index contributed by atoms with van der Waals surface area (Å²) in [4.78, 5) is 0. The van der Waals surface area contributed by atoms with Crippen LogP contribution in [0.2, 0.25) is 0 Å². The molecule has 134 valence electrons. The Bertz CT molecular complexity index is 1270. The molecule has 0 fully saturated rings. The molecule has 0 unspecified atom stereocenters. The summed E-state index contributed by atoms with van der Waals surface area (Å²) in [5.74, 6) is 0.731. The minimum atomic E-state index is 0.357. The number of allylic oxidation sites excluding steroid dienone is 2. The van der Waals surface area contributed by atoms with Crippen LogP contribution in [0.15, 0.2) is 73.8 Å². The normalized spacial score (nSPS) is 11.5. The van der Waals surface area contributed by atoms with Crippen LogP contribution in [0.5, 0.6) is 11.5 Å². The molecule has 3 rings (SSSR count). The van der Waals surface area contributed by atoms with Crippen molar-refractivity contribution in [3.63, 3.8) is 0 Å². The van der Waals surface area contributed by atoms with E-state index in [1.807, 2.05) is 48.6 Å². The summed E-state index contributed by atoms with van der Waals surface area (Å²) in [6.45, 7) is 7.57. The van der Waals surface area contributed by atoms with Gasteiger partial charge in [0.15, 0.2) is 11.5 Å². The van der Waals surface area contributed by atoms with E-state index in [1.54, 1.807) is 36.8 Å². The maximum atomic E-state index is 9.16. The van der Waals surface area contributed by atoms with Gasteiger partial charge >= 0.3 is 0 Å². The second kappa shape index (κ2) is 8.40. The summed E-state index contributed by atoms with van der Waals surface area (Å²) in [5.41, 5.74) is 1.30. The van der Waals surface area contributed by atoms with Gasteiger partial charge in [0.1, 0.15) is 0 Å². The quantitative estimate of drug-likeness (QED) is 0.638. The van der Waals surface area contributed by atoms with Gasteiger partial charge in [-0.05, 0) is 33.3 Å². The minimum absolute atomic E-state index is 0.357. The van der Waals surface area contributed by atoms with Gasteiger partial charge in [-0.2, -0.15) is 0 Å². The molecule has 0 atom stereocenters. The Kier molecular flexibility index (Phi) is 5.55. The molecule has 4 nitrogen and oxygen atoms in total. The molecule has 0 aliphatic carbocycles. The van der Waals surface area contributed by atoms with Crippen molar-refractivity contribution in [2.24, 2.45) is 0 Å². The fourth-order valence-electron chi connectivity index (χ4n) is 3.22. The summed E-state index contributed by atoms with van der Waals surface area (Å²) in [6.07, 6.45) is 10.5. The standard InChI is InChI=1S/C24H16N2O2/c1-3-7-17-11-13-21(27-15-25)23(19(17)8-4-2)24-20-10-6-5-9-18(20)12-14-22(24)28-16-26/h3-14H,1-2H2/b17-7-,19-8+. The number of hydrogen-bond donors (Lipinski definition) is 0. The van der Waals surface area contributed by atoms with Gasteiger partial charge in [-0.25, -0.2) is 0 Å². The second-order valence-electron chi connectivity index (χ2n) is 5.79. The molecule has 0 aliphatic rings. The highest BCUT2D eigenvalue weighted by molar-refractivity contribution is 6.01. The van der Waals surface area contributed by atoms with Crippen molar-refractivity contribution in [3.05, 3.63) is 84.3 Å². The Morgan fingerprint density at radius 2 is 1.39 bits per heavy atom. The number of benzene rings is 3. The number of nitrogens with zero attached hydrogens (tertiary/aromatic N) is 2. The molecular weight excluding hydrogens is 348 g/mol. The molecule has 0 N–H and O–H groups in total. The zero-order valence-electron chi connectivity index (χ0n) is 15.1. The Morgan fingerprint density at radius 3 is 2.07 bits per heavy atom. The molecule has 28 heavy (non-hydrogen) atoms. The van der Waals surface area contributed by atoms with Gasteiger partial charge < -0.3 is 9.47 Å². The lowest BCUT2D eigenvalue weighted by molar-refractivity contribution is 0.501. The van der Waals surface area contributed by atoms with Crippen molar-refractivity contribution >= 4 is 22.9 Å². The number of fused-ring (bicyclic) bond motifs is 1. The summed E-state index contributed by atoms with van der Waals surface area (Å²) in [6, 6.07) is 14.9. The lowest BCUT2D eigenvalue weighted by atomic mass is 9.93. The van der Waals surface area contributed by atoms with Crippen molar-refractivity contribution in [2.45, 2.75) is 0 Å². The molecule has 0 saturated heterocycles. The Morgan fingerprint density at radius 1 is 0.750 bits per heavy atom.